The normalized spacial score (nSPS) is 11.6. The summed E-state index contributed by atoms with van der Waals surface area (Å²) in [5.41, 5.74) is 3.26. The average Bonchev–Trinajstić information content (AvgIpc) is 2.26. The van der Waals surface area contributed by atoms with Crippen molar-refractivity contribution in [3.05, 3.63) is 41.1 Å². The lowest BCUT2D eigenvalue weighted by atomic mass is 10.0. The number of carbonyl (C=O) groups excluding carboxylic acids is 1. The lowest BCUT2D eigenvalue weighted by molar-refractivity contribution is 0.0918. The molecule has 0 radical (unpaired) electrons. The molecule has 1 aromatic heterocycles. The van der Waals surface area contributed by atoms with Gasteiger partial charge < -0.3 is 5.32 Å². The van der Waals surface area contributed by atoms with Crippen molar-refractivity contribution in [1.29, 1.82) is 0 Å². The number of nitrogens with one attached hydrogen (secondary N) is 1. The zero-order chi connectivity index (χ0) is 14.2. The van der Waals surface area contributed by atoms with Crippen molar-refractivity contribution < 1.29 is 4.79 Å². The van der Waals surface area contributed by atoms with E-state index in [0.29, 0.717) is 5.56 Å². The molecule has 1 amide bonds. The summed E-state index contributed by atoms with van der Waals surface area (Å²) in [6.45, 7) is 9.82. The van der Waals surface area contributed by atoms with Gasteiger partial charge in [-0.05, 0) is 52.8 Å². The van der Waals surface area contributed by atoms with Crippen LogP contribution in [0.15, 0.2) is 24.3 Å². The van der Waals surface area contributed by atoms with Crippen LogP contribution < -0.4 is 5.32 Å². The number of aryl methyl sites for hydroxylation is 2. The van der Waals surface area contributed by atoms with Crippen molar-refractivity contribution in [1.82, 2.24) is 10.3 Å². The van der Waals surface area contributed by atoms with Crippen molar-refractivity contribution in [2.45, 2.75) is 40.2 Å². The molecule has 1 aromatic carbocycles. The quantitative estimate of drug-likeness (QED) is 0.850. The molecule has 0 saturated carbocycles. The van der Waals surface area contributed by atoms with E-state index in [-0.39, 0.29) is 11.4 Å². The van der Waals surface area contributed by atoms with Crippen LogP contribution in [0.4, 0.5) is 0 Å². The zero-order valence-electron chi connectivity index (χ0n) is 12.2. The molecular weight excluding hydrogens is 236 g/mol. The summed E-state index contributed by atoms with van der Waals surface area (Å²) in [5, 5.41) is 3.98. The van der Waals surface area contributed by atoms with Crippen LogP contribution in [0, 0.1) is 13.8 Å². The van der Waals surface area contributed by atoms with E-state index in [9.17, 15) is 4.79 Å². The first-order valence-electron chi connectivity index (χ1n) is 6.47. The van der Waals surface area contributed by atoms with E-state index in [2.05, 4.69) is 16.4 Å². The summed E-state index contributed by atoms with van der Waals surface area (Å²) in [6, 6.07) is 7.99. The number of aromatic nitrogens is 1. The number of hydrogen-bond acceptors (Lipinski definition) is 2. The molecule has 0 aliphatic heterocycles. The summed E-state index contributed by atoms with van der Waals surface area (Å²) in [6.07, 6.45) is 0. The van der Waals surface area contributed by atoms with Crippen LogP contribution in [0.2, 0.25) is 0 Å². The summed E-state index contributed by atoms with van der Waals surface area (Å²) >= 11 is 0. The Morgan fingerprint density at radius 2 is 1.84 bits per heavy atom. The average molecular weight is 256 g/mol. The Labute approximate surface area is 114 Å². The fourth-order valence-corrected chi connectivity index (χ4v) is 2.03. The molecule has 19 heavy (non-hydrogen) atoms. The lowest BCUT2D eigenvalue weighted by Crippen LogP contribution is -2.40. The minimum absolute atomic E-state index is 0.0686. The van der Waals surface area contributed by atoms with Crippen LogP contribution in [0.5, 0.6) is 0 Å². The van der Waals surface area contributed by atoms with Gasteiger partial charge in [0, 0.05) is 10.9 Å². The predicted octanol–water partition coefficient (Wildman–Crippen LogP) is 3.38. The molecule has 0 bridgehead atoms. The molecule has 0 spiro atoms. The van der Waals surface area contributed by atoms with E-state index in [1.807, 2.05) is 52.8 Å². The van der Waals surface area contributed by atoms with Crippen molar-refractivity contribution in [3.8, 4) is 0 Å². The standard InChI is InChI=1S/C16H20N2O/c1-10-6-7-14-12(8-10)9-13(11(2)17-14)15(19)18-16(3,4)5/h6-9H,1-5H3,(H,18,19). The molecule has 0 atom stereocenters. The minimum Gasteiger partial charge on any atom is -0.347 e. The van der Waals surface area contributed by atoms with Crippen LogP contribution in [0.3, 0.4) is 0 Å². The van der Waals surface area contributed by atoms with Gasteiger partial charge in [0.05, 0.1) is 16.8 Å². The van der Waals surface area contributed by atoms with E-state index in [4.69, 9.17) is 0 Å². The van der Waals surface area contributed by atoms with Crippen LogP contribution in [-0.2, 0) is 0 Å². The smallest absolute Gasteiger partial charge is 0.253 e. The van der Waals surface area contributed by atoms with Crippen molar-refractivity contribution in [2.75, 3.05) is 0 Å². The molecule has 0 aliphatic rings. The van der Waals surface area contributed by atoms with E-state index < -0.39 is 0 Å². The number of fused-ring (bicyclic) bond motifs is 1. The molecule has 0 fully saturated rings. The molecule has 2 aromatic rings. The van der Waals surface area contributed by atoms with Gasteiger partial charge in [-0.3, -0.25) is 9.78 Å². The predicted molar refractivity (Wildman–Crippen MR) is 78.4 cm³/mol. The number of benzene rings is 1. The Bertz CT molecular complexity index is 639. The largest absolute Gasteiger partial charge is 0.347 e. The van der Waals surface area contributed by atoms with E-state index in [1.165, 1.54) is 5.56 Å². The number of pyridine rings is 1. The lowest BCUT2D eigenvalue weighted by Gasteiger charge is -2.21. The Hall–Kier alpha value is -1.90. The van der Waals surface area contributed by atoms with Crippen molar-refractivity contribution in [3.63, 3.8) is 0 Å². The van der Waals surface area contributed by atoms with Gasteiger partial charge in [-0.15, -0.1) is 0 Å². The molecule has 3 nitrogen and oxygen atoms in total. The third-order valence-electron chi connectivity index (χ3n) is 2.89. The molecule has 1 heterocycles. The highest BCUT2D eigenvalue weighted by molar-refractivity contribution is 5.99. The van der Waals surface area contributed by atoms with E-state index in [0.717, 1.165) is 16.6 Å². The maximum absolute atomic E-state index is 12.3. The fourth-order valence-electron chi connectivity index (χ4n) is 2.03. The number of rotatable bonds is 1. The maximum Gasteiger partial charge on any atom is 0.253 e. The fraction of sp³-hybridized carbons (Fsp3) is 0.375. The molecule has 100 valence electrons. The first-order chi connectivity index (χ1) is 8.76. The highest BCUT2D eigenvalue weighted by atomic mass is 16.1. The Morgan fingerprint density at radius 3 is 2.47 bits per heavy atom. The van der Waals surface area contributed by atoms with E-state index >= 15 is 0 Å². The van der Waals surface area contributed by atoms with E-state index in [1.54, 1.807) is 0 Å². The Morgan fingerprint density at radius 1 is 1.16 bits per heavy atom. The highest BCUT2D eigenvalue weighted by Crippen LogP contribution is 2.18. The molecule has 1 N–H and O–H groups in total. The molecular formula is C16H20N2O. The Balaban J connectivity index is 2.48. The first kappa shape index (κ1) is 13.5. The number of carbonyl (C=O) groups is 1. The SMILES string of the molecule is Cc1ccc2nc(C)c(C(=O)NC(C)(C)C)cc2c1. The molecule has 3 heteroatoms. The van der Waals surface area contributed by atoms with Crippen LogP contribution in [0.25, 0.3) is 10.9 Å². The number of hydrogen-bond donors (Lipinski definition) is 1. The first-order valence-corrected chi connectivity index (χ1v) is 6.47. The second kappa shape index (κ2) is 4.65. The number of nitrogens with zero attached hydrogens (tertiary/aromatic N) is 1. The summed E-state index contributed by atoms with van der Waals surface area (Å²) in [7, 11) is 0. The second-order valence-corrected chi connectivity index (χ2v) is 6.02. The topological polar surface area (TPSA) is 42.0 Å². The zero-order valence-corrected chi connectivity index (χ0v) is 12.2. The Kier molecular flexibility index (Phi) is 3.31. The van der Waals surface area contributed by atoms with Crippen molar-refractivity contribution in [2.24, 2.45) is 0 Å². The third-order valence-corrected chi connectivity index (χ3v) is 2.89. The number of amides is 1. The maximum atomic E-state index is 12.3. The van der Waals surface area contributed by atoms with Crippen LogP contribution in [0.1, 0.15) is 42.4 Å². The molecule has 0 saturated heterocycles. The van der Waals surface area contributed by atoms with Gasteiger partial charge in [0.15, 0.2) is 0 Å². The van der Waals surface area contributed by atoms with Gasteiger partial charge >= 0.3 is 0 Å². The molecule has 2 rings (SSSR count). The van der Waals surface area contributed by atoms with Gasteiger partial charge in [-0.2, -0.15) is 0 Å². The van der Waals surface area contributed by atoms with Crippen LogP contribution >= 0.6 is 0 Å². The summed E-state index contributed by atoms with van der Waals surface area (Å²) < 4.78 is 0. The van der Waals surface area contributed by atoms with Gasteiger partial charge in [0.1, 0.15) is 0 Å². The van der Waals surface area contributed by atoms with Gasteiger partial charge in [-0.25, -0.2) is 0 Å². The highest BCUT2D eigenvalue weighted by Gasteiger charge is 2.17. The summed E-state index contributed by atoms with van der Waals surface area (Å²) in [5.74, 6) is -0.0686. The monoisotopic (exact) mass is 256 g/mol. The molecule has 0 unspecified atom stereocenters. The third kappa shape index (κ3) is 3.11. The molecule has 0 aliphatic carbocycles. The van der Waals surface area contributed by atoms with Gasteiger partial charge in [-0.1, -0.05) is 11.6 Å². The minimum atomic E-state index is -0.245. The van der Waals surface area contributed by atoms with Gasteiger partial charge in [0.25, 0.3) is 5.91 Å². The summed E-state index contributed by atoms with van der Waals surface area (Å²) in [4.78, 5) is 16.8. The second-order valence-electron chi connectivity index (χ2n) is 6.02. The van der Waals surface area contributed by atoms with Crippen LogP contribution in [-0.4, -0.2) is 16.4 Å². The van der Waals surface area contributed by atoms with Crippen molar-refractivity contribution >= 4 is 16.8 Å². The van der Waals surface area contributed by atoms with Gasteiger partial charge in [0.2, 0.25) is 0 Å².